The zero-order valence-corrected chi connectivity index (χ0v) is 14.4. The predicted molar refractivity (Wildman–Crippen MR) is 92.2 cm³/mol. The molecule has 1 atom stereocenters. The zero-order valence-electron chi connectivity index (χ0n) is 14.4. The van der Waals surface area contributed by atoms with Gasteiger partial charge in [0.05, 0.1) is 5.69 Å². The Morgan fingerprint density at radius 1 is 1.27 bits per heavy atom. The highest BCUT2D eigenvalue weighted by molar-refractivity contribution is 5.99. The van der Waals surface area contributed by atoms with E-state index in [1.54, 1.807) is 11.0 Å². The number of carboxylic acid groups (broad SMARTS) is 1. The van der Waals surface area contributed by atoms with Gasteiger partial charge in [0.25, 0.3) is 5.91 Å². The summed E-state index contributed by atoms with van der Waals surface area (Å²) in [6.07, 6.45) is 1.23. The van der Waals surface area contributed by atoms with Crippen LogP contribution in [0.15, 0.2) is 12.1 Å². The summed E-state index contributed by atoms with van der Waals surface area (Å²) in [6, 6.07) is 3.00. The van der Waals surface area contributed by atoms with Crippen LogP contribution < -0.4 is 15.0 Å². The number of nitrogens with one attached hydrogen (secondary N) is 1. The number of benzene rings is 1. The maximum Gasteiger partial charge on any atom is 0.404 e. The van der Waals surface area contributed by atoms with Crippen LogP contribution in [-0.4, -0.2) is 60.8 Å². The fourth-order valence-electron chi connectivity index (χ4n) is 4.28. The van der Waals surface area contributed by atoms with E-state index in [4.69, 9.17) is 9.84 Å². The van der Waals surface area contributed by atoms with E-state index in [9.17, 15) is 14.0 Å². The Hall–Kier alpha value is -2.35. The summed E-state index contributed by atoms with van der Waals surface area (Å²) in [5.41, 5.74) is 1.17. The number of carbonyl (C=O) groups is 2. The minimum atomic E-state index is -0.988. The van der Waals surface area contributed by atoms with Crippen molar-refractivity contribution in [2.75, 3.05) is 37.7 Å². The molecular weight excluding hydrogens is 341 g/mol. The molecule has 7 nitrogen and oxygen atoms in total. The number of carbonyl (C=O) groups excluding carboxylic acids is 1. The van der Waals surface area contributed by atoms with E-state index in [0.29, 0.717) is 36.5 Å². The maximum absolute atomic E-state index is 14.6. The van der Waals surface area contributed by atoms with Crippen molar-refractivity contribution in [3.05, 3.63) is 23.5 Å². The lowest BCUT2D eigenvalue weighted by molar-refractivity contribution is -0.121. The third kappa shape index (κ3) is 3.09. The number of amides is 2. The fourth-order valence-corrected chi connectivity index (χ4v) is 4.28. The van der Waals surface area contributed by atoms with Crippen molar-refractivity contribution in [1.82, 2.24) is 10.2 Å². The van der Waals surface area contributed by atoms with Crippen LogP contribution in [0.25, 0.3) is 0 Å². The average Bonchev–Trinajstić information content (AvgIpc) is 2.62. The number of rotatable bonds is 3. The Kier molecular flexibility index (Phi) is 4.44. The third-order valence-electron chi connectivity index (χ3n) is 5.55. The van der Waals surface area contributed by atoms with Gasteiger partial charge in [0.1, 0.15) is 11.6 Å². The Balaban J connectivity index is 1.50. The zero-order chi connectivity index (χ0) is 18.3. The molecule has 0 aromatic heterocycles. The standard InChI is InChI=1S/C18H22FN3O4/c19-13-1-2-14-17-16(13)11(3-8-22(17)15(23)10-26-14)9-21-6-4-12(5-7-21)20-18(24)25/h1-2,11-12,20H,3-10H2,(H,24,25). The Bertz CT molecular complexity index is 733. The average molecular weight is 363 g/mol. The first kappa shape index (κ1) is 17.1. The molecule has 26 heavy (non-hydrogen) atoms. The lowest BCUT2D eigenvalue weighted by atomic mass is 9.87. The number of anilines is 1. The summed E-state index contributed by atoms with van der Waals surface area (Å²) in [7, 11) is 0. The largest absolute Gasteiger partial charge is 0.482 e. The number of nitrogens with zero attached hydrogens (tertiary/aromatic N) is 2. The van der Waals surface area contributed by atoms with Crippen LogP contribution in [0, 0.1) is 5.82 Å². The molecule has 2 amide bonds. The molecule has 1 unspecified atom stereocenters. The molecule has 0 aliphatic carbocycles. The number of likely N-dealkylation sites (tertiary alicyclic amines) is 1. The molecule has 1 aromatic carbocycles. The molecule has 1 fully saturated rings. The highest BCUT2D eigenvalue weighted by Gasteiger charge is 2.37. The Labute approximate surface area is 150 Å². The molecule has 1 aromatic rings. The topological polar surface area (TPSA) is 82.1 Å². The quantitative estimate of drug-likeness (QED) is 0.855. The molecular formula is C18H22FN3O4. The maximum atomic E-state index is 14.6. The molecule has 3 aliphatic rings. The van der Waals surface area contributed by atoms with Crippen LogP contribution in [0.1, 0.15) is 30.7 Å². The molecule has 8 heteroatoms. The summed E-state index contributed by atoms with van der Waals surface area (Å²) in [5.74, 6) is 0.164. The van der Waals surface area contributed by atoms with E-state index in [1.165, 1.54) is 6.07 Å². The summed E-state index contributed by atoms with van der Waals surface area (Å²) in [4.78, 5) is 26.8. The molecule has 4 rings (SSSR count). The normalized spacial score (nSPS) is 23.3. The second kappa shape index (κ2) is 6.75. The van der Waals surface area contributed by atoms with E-state index in [0.717, 1.165) is 25.9 Å². The molecule has 140 valence electrons. The van der Waals surface area contributed by atoms with Crippen molar-refractivity contribution in [2.24, 2.45) is 0 Å². The molecule has 1 saturated heterocycles. The van der Waals surface area contributed by atoms with Crippen molar-refractivity contribution in [3.63, 3.8) is 0 Å². The van der Waals surface area contributed by atoms with Crippen molar-refractivity contribution < 1.29 is 23.8 Å². The number of halogens is 1. The van der Waals surface area contributed by atoms with Crippen molar-refractivity contribution in [1.29, 1.82) is 0 Å². The monoisotopic (exact) mass is 363 g/mol. The van der Waals surface area contributed by atoms with Gasteiger partial charge in [0, 0.05) is 43.7 Å². The molecule has 3 aliphatic heterocycles. The smallest absolute Gasteiger partial charge is 0.404 e. The van der Waals surface area contributed by atoms with Gasteiger partial charge in [0.15, 0.2) is 6.61 Å². The number of piperidine rings is 1. The predicted octanol–water partition coefficient (Wildman–Crippen LogP) is 1.77. The van der Waals surface area contributed by atoms with Crippen LogP contribution in [-0.2, 0) is 4.79 Å². The lowest BCUT2D eigenvalue weighted by Crippen LogP contribution is -2.47. The summed E-state index contributed by atoms with van der Waals surface area (Å²) < 4.78 is 20.1. The summed E-state index contributed by atoms with van der Waals surface area (Å²) in [6.45, 7) is 2.84. The number of ether oxygens (including phenoxy) is 1. The highest BCUT2D eigenvalue weighted by Crippen LogP contribution is 2.45. The van der Waals surface area contributed by atoms with Crippen molar-refractivity contribution in [2.45, 2.75) is 31.2 Å². The first-order chi connectivity index (χ1) is 12.5. The van der Waals surface area contributed by atoms with Crippen LogP contribution >= 0.6 is 0 Å². The fraction of sp³-hybridized carbons (Fsp3) is 0.556. The van der Waals surface area contributed by atoms with Gasteiger partial charge in [-0.2, -0.15) is 0 Å². The van der Waals surface area contributed by atoms with Gasteiger partial charge < -0.3 is 25.0 Å². The first-order valence-electron chi connectivity index (χ1n) is 9.00. The van der Waals surface area contributed by atoms with E-state index < -0.39 is 6.09 Å². The van der Waals surface area contributed by atoms with Crippen LogP contribution in [0.2, 0.25) is 0 Å². The molecule has 0 bridgehead atoms. The van der Waals surface area contributed by atoms with Gasteiger partial charge in [-0.3, -0.25) is 4.79 Å². The lowest BCUT2D eigenvalue weighted by Gasteiger charge is -2.40. The van der Waals surface area contributed by atoms with Crippen LogP contribution in [0.5, 0.6) is 5.75 Å². The minimum Gasteiger partial charge on any atom is -0.482 e. The summed E-state index contributed by atoms with van der Waals surface area (Å²) >= 11 is 0. The molecule has 3 heterocycles. The first-order valence-corrected chi connectivity index (χ1v) is 9.00. The van der Waals surface area contributed by atoms with E-state index in [-0.39, 0.29) is 30.3 Å². The van der Waals surface area contributed by atoms with Gasteiger partial charge in [0.2, 0.25) is 0 Å². The molecule has 0 spiro atoms. The van der Waals surface area contributed by atoms with Crippen molar-refractivity contribution >= 4 is 17.7 Å². The van der Waals surface area contributed by atoms with Crippen LogP contribution in [0.3, 0.4) is 0 Å². The third-order valence-corrected chi connectivity index (χ3v) is 5.55. The van der Waals surface area contributed by atoms with Gasteiger partial charge in [-0.1, -0.05) is 0 Å². The van der Waals surface area contributed by atoms with Gasteiger partial charge in [-0.25, -0.2) is 9.18 Å². The molecule has 2 N–H and O–H groups in total. The Morgan fingerprint density at radius 2 is 2.04 bits per heavy atom. The van der Waals surface area contributed by atoms with E-state index in [2.05, 4.69) is 10.2 Å². The highest BCUT2D eigenvalue weighted by atomic mass is 19.1. The minimum absolute atomic E-state index is 0.000294. The summed E-state index contributed by atoms with van der Waals surface area (Å²) in [5, 5.41) is 11.4. The van der Waals surface area contributed by atoms with Crippen molar-refractivity contribution in [3.8, 4) is 5.75 Å². The second-order valence-corrected chi connectivity index (χ2v) is 7.15. The number of hydrogen-bond acceptors (Lipinski definition) is 4. The second-order valence-electron chi connectivity index (χ2n) is 7.15. The Morgan fingerprint density at radius 3 is 2.77 bits per heavy atom. The number of hydrogen-bond donors (Lipinski definition) is 2. The van der Waals surface area contributed by atoms with E-state index >= 15 is 0 Å². The van der Waals surface area contributed by atoms with Crippen LogP contribution in [0.4, 0.5) is 14.9 Å². The SMILES string of the molecule is O=C(O)NC1CCN(CC2CCN3C(=O)COc4ccc(F)c2c43)CC1. The van der Waals surface area contributed by atoms with Gasteiger partial charge >= 0.3 is 6.09 Å². The van der Waals surface area contributed by atoms with E-state index in [1.807, 2.05) is 0 Å². The molecule has 0 saturated carbocycles. The molecule has 0 radical (unpaired) electrons. The van der Waals surface area contributed by atoms with Gasteiger partial charge in [-0.05, 0) is 31.4 Å². The van der Waals surface area contributed by atoms with Gasteiger partial charge in [-0.15, -0.1) is 0 Å².